The summed E-state index contributed by atoms with van der Waals surface area (Å²) in [7, 11) is 1.26. The van der Waals surface area contributed by atoms with Gasteiger partial charge in [0.15, 0.2) is 6.04 Å². The topological polar surface area (TPSA) is 75.6 Å². The summed E-state index contributed by atoms with van der Waals surface area (Å²) >= 11 is 0. The maximum absolute atomic E-state index is 12.2. The van der Waals surface area contributed by atoms with Gasteiger partial charge in [0.1, 0.15) is 5.60 Å². The molecule has 5 heteroatoms. The highest BCUT2D eigenvalue weighted by Crippen LogP contribution is 2.19. The molecule has 0 aliphatic rings. The van der Waals surface area contributed by atoms with Crippen molar-refractivity contribution in [2.75, 3.05) is 7.11 Å². The first-order valence-electron chi connectivity index (χ1n) is 7.08. The Kier molecular flexibility index (Phi) is 6.37. The molecule has 2 N–H and O–H groups in total. The molecule has 0 aliphatic heterocycles. The van der Waals surface area contributed by atoms with Gasteiger partial charge in [-0.1, -0.05) is 50.1 Å². The molecule has 0 unspecified atom stereocenters. The highest BCUT2D eigenvalue weighted by atomic mass is 16.5. The minimum absolute atomic E-state index is 0.345. The molecule has 21 heavy (non-hydrogen) atoms. The molecular formula is C16H23NO4. The molecular weight excluding hydrogens is 270 g/mol. The van der Waals surface area contributed by atoms with Crippen LogP contribution in [-0.2, 0) is 14.3 Å². The van der Waals surface area contributed by atoms with Gasteiger partial charge in [-0.05, 0) is 18.9 Å². The maximum Gasteiger partial charge on any atom is 0.333 e. The van der Waals surface area contributed by atoms with Crippen LogP contribution >= 0.6 is 0 Å². The van der Waals surface area contributed by atoms with E-state index in [1.54, 1.807) is 24.3 Å². The molecule has 0 aliphatic carbocycles. The monoisotopic (exact) mass is 293 g/mol. The summed E-state index contributed by atoms with van der Waals surface area (Å²) in [5, 5.41) is 12.8. The Balaban J connectivity index is 2.87. The summed E-state index contributed by atoms with van der Waals surface area (Å²) in [6.07, 6.45) is 1.95. The highest BCUT2D eigenvalue weighted by Gasteiger charge is 2.33. The summed E-state index contributed by atoms with van der Waals surface area (Å²) < 4.78 is 4.73. The first kappa shape index (κ1) is 17.2. The van der Waals surface area contributed by atoms with Gasteiger partial charge in [0.05, 0.1) is 7.11 Å². The molecule has 1 aromatic rings. The number of carbonyl (C=O) groups excluding carboxylic acids is 2. The molecule has 0 heterocycles. The summed E-state index contributed by atoms with van der Waals surface area (Å²) in [4.78, 5) is 24.1. The molecule has 0 fully saturated rings. The summed E-state index contributed by atoms with van der Waals surface area (Å²) in [6.45, 7) is 3.44. The van der Waals surface area contributed by atoms with E-state index in [1.165, 1.54) is 14.0 Å². The number of ether oxygens (including phenoxy) is 1. The number of carbonyl (C=O) groups is 2. The molecule has 1 amide bonds. The van der Waals surface area contributed by atoms with E-state index in [0.29, 0.717) is 12.0 Å². The highest BCUT2D eigenvalue weighted by molar-refractivity contribution is 5.89. The number of methoxy groups -OCH3 is 1. The van der Waals surface area contributed by atoms with Crippen LogP contribution in [0.3, 0.4) is 0 Å². The third-order valence-electron chi connectivity index (χ3n) is 3.35. The van der Waals surface area contributed by atoms with Gasteiger partial charge in [-0.25, -0.2) is 4.79 Å². The zero-order valence-electron chi connectivity index (χ0n) is 12.8. The average molecular weight is 293 g/mol. The maximum atomic E-state index is 12.2. The van der Waals surface area contributed by atoms with Gasteiger partial charge >= 0.3 is 5.97 Å². The molecule has 5 nitrogen and oxygen atoms in total. The largest absolute Gasteiger partial charge is 0.467 e. The average Bonchev–Trinajstić information content (AvgIpc) is 2.50. The Morgan fingerprint density at radius 1 is 1.33 bits per heavy atom. The van der Waals surface area contributed by atoms with Crippen LogP contribution in [0.2, 0.25) is 0 Å². The van der Waals surface area contributed by atoms with E-state index in [2.05, 4.69) is 5.32 Å². The van der Waals surface area contributed by atoms with Crippen LogP contribution in [0.4, 0.5) is 0 Å². The van der Waals surface area contributed by atoms with Gasteiger partial charge in [-0.2, -0.15) is 0 Å². The lowest BCUT2D eigenvalue weighted by molar-refractivity contribution is -0.149. The third-order valence-corrected chi connectivity index (χ3v) is 3.35. The van der Waals surface area contributed by atoms with Gasteiger partial charge in [0.2, 0.25) is 0 Å². The lowest BCUT2D eigenvalue weighted by Crippen LogP contribution is -2.47. The van der Waals surface area contributed by atoms with Crippen LogP contribution < -0.4 is 5.32 Å². The fourth-order valence-corrected chi connectivity index (χ4v) is 1.96. The number of hydrogen-bond acceptors (Lipinski definition) is 4. The third kappa shape index (κ3) is 4.86. The van der Waals surface area contributed by atoms with E-state index < -0.39 is 23.5 Å². The minimum atomic E-state index is -1.50. The quantitative estimate of drug-likeness (QED) is 0.754. The Hall–Kier alpha value is -1.88. The van der Waals surface area contributed by atoms with Crippen LogP contribution in [0, 0.1) is 0 Å². The fraction of sp³-hybridized carbons (Fsp3) is 0.500. The van der Waals surface area contributed by atoms with Crippen LogP contribution in [-0.4, -0.2) is 29.7 Å². The van der Waals surface area contributed by atoms with Crippen molar-refractivity contribution >= 4 is 11.9 Å². The molecule has 1 rings (SSSR count). The first-order valence-corrected chi connectivity index (χ1v) is 7.08. The van der Waals surface area contributed by atoms with Crippen molar-refractivity contribution in [1.82, 2.24) is 5.32 Å². The van der Waals surface area contributed by atoms with Gasteiger partial charge in [-0.15, -0.1) is 0 Å². The van der Waals surface area contributed by atoms with Crippen LogP contribution in [0.15, 0.2) is 30.3 Å². The zero-order chi connectivity index (χ0) is 15.9. The SMILES string of the molecule is CCCC[C@](C)(O)C(=O)N[C@@H](C(=O)OC)c1ccccc1. The summed E-state index contributed by atoms with van der Waals surface area (Å²) in [5.74, 6) is -1.14. The number of rotatable bonds is 7. The Bertz CT molecular complexity index is 470. The van der Waals surface area contributed by atoms with E-state index in [4.69, 9.17) is 4.74 Å². The predicted octanol–water partition coefficient (Wildman–Crippen LogP) is 1.96. The minimum Gasteiger partial charge on any atom is -0.467 e. The predicted molar refractivity (Wildman–Crippen MR) is 79.5 cm³/mol. The number of benzene rings is 1. The van der Waals surface area contributed by atoms with Gasteiger partial charge in [-0.3, -0.25) is 4.79 Å². The number of hydrogen-bond donors (Lipinski definition) is 2. The van der Waals surface area contributed by atoms with Crippen molar-refractivity contribution in [2.24, 2.45) is 0 Å². The molecule has 0 saturated heterocycles. The normalized spacial score (nSPS) is 14.9. The number of esters is 1. The van der Waals surface area contributed by atoms with E-state index in [1.807, 2.05) is 13.0 Å². The smallest absolute Gasteiger partial charge is 0.333 e. The summed E-state index contributed by atoms with van der Waals surface area (Å²) in [5.41, 5.74) is -0.888. The van der Waals surface area contributed by atoms with Crippen LogP contribution in [0.25, 0.3) is 0 Å². The molecule has 2 atom stereocenters. The second-order valence-corrected chi connectivity index (χ2v) is 5.22. The Morgan fingerprint density at radius 3 is 2.48 bits per heavy atom. The second-order valence-electron chi connectivity index (χ2n) is 5.22. The number of aliphatic hydroxyl groups is 1. The number of unbranched alkanes of at least 4 members (excludes halogenated alkanes) is 1. The molecule has 0 spiro atoms. The van der Waals surface area contributed by atoms with Crippen molar-refractivity contribution in [3.63, 3.8) is 0 Å². The Labute approximate surface area is 125 Å². The Morgan fingerprint density at radius 2 is 1.95 bits per heavy atom. The molecule has 0 bridgehead atoms. The lowest BCUT2D eigenvalue weighted by atomic mass is 9.97. The molecule has 1 aromatic carbocycles. The lowest BCUT2D eigenvalue weighted by Gasteiger charge is -2.25. The standard InChI is InChI=1S/C16H23NO4/c1-4-5-11-16(2,20)15(19)17-13(14(18)21-3)12-9-7-6-8-10-12/h6-10,13,20H,4-5,11H2,1-3H3,(H,17,19)/t13-,16+/m1/s1. The van der Waals surface area contributed by atoms with E-state index in [9.17, 15) is 14.7 Å². The number of amides is 1. The molecule has 0 aromatic heterocycles. The van der Waals surface area contributed by atoms with Gasteiger partial charge in [0, 0.05) is 0 Å². The van der Waals surface area contributed by atoms with Gasteiger partial charge in [0.25, 0.3) is 5.91 Å². The zero-order valence-corrected chi connectivity index (χ0v) is 12.8. The van der Waals surface area contributed by atoms with Crippen molar-refractivity contribution in [2.45, 2.75) is 44.8 Å². The van der Waals surface area contributed by atoms with Crippen molar-refractivity contribution < 1.29 is 19.4 Å². The molecule has 0 radical (unpaired) electrons. The van der Waals surface area contributed by atoms with E-state index >= 15 is 0 Å². The fourth-order valence-electron chi connectivity index (χ4n) is 1.96. The number of nitrogens with one attached hydrogen (secondary N) is 1. The molecule has 116 valence electrons. The van der Waals surface area contributed by atoms with E-state index in [-0.39, 0.29) is 0 Å². The molecule has 0 saturated carbocycles. The second kappa shape index (κ2) is 7.78. The van der Waals surface area contributed by atoms with Crippen molar-refractivity contribution in [1.29, 1.82) is 0 Å². The van der Waals surface area contributed by atoms with Crippen LogP contribution in [0.1, 0.15) is 44.7 Å². The first-order chi connectivity index (χ1) is 9.92. The summed E-state index contributed by atoms with van der Waals surface area (Å²) in [6, 6.07) is 7.89. The van der Waals surface area contributed by atoms with E-state index in [0.717, 1.165) is 12.8 Å². The van der Waals surface area contributed by atoms with Gasteiger partial charge < -0.3 is 15.2 Å². The van der Waals surface area contributed by atoms with Crippen LogP contribution in [0.5, 0.6) is 0 Å². The van der Waals surface area contributed by atoms with Crippen molar-refractivity contribution in [3.05, 3.63) is 35.9 Å². The van der Waals surface area contributed by atoms with Crippen molar-refractivity contribution in [3.8, 4) is 0 Å².